The lowest BCUT2D eigenvalue weighted by atomic mass is 10.2. The first kappa shape index (κ1) is 31.5. The molecule has 0 unspecified atom stereocenters. The lowest BCUT2D eigenvalue weighted by molar-refractivity contribution is 0.346. The lowest BCUT2D eigenvalue weighted by Gasteiger charge is -2.25. The number of ether oxygens (including phenoxy) is 3. The van der Waals surface area contributed by atoms with Crippen LogP contribution in [-0.2, 0) is 0 Å². The minimum absolute atomic E-state index is 0.551. The van der Waals surface area contributed by atoms with E-state index in [0.29, 0.717) is 6.61 Å². The molecular weight excluding hydrogens is 603 g/mol. The fourth-order valence-electron chi connectivity index (χ4n) is 5.11. The smallest absolute Gasteiger partial charge is 0.142 e. The van der Waals surface area contributed by atoms with Crippen molar-refractivity contribution in [2.24, 2.45) is 0 Å². The van der Waals surface area contributed by atoms with E-state index >= 15 is 0 Å². The first-order valence-corrected chi connectivity index (χ1v) is 16.4. The molecule has 0 saturated heterocycles. The predicted octanol–water partition coefficient (Wildman–Crippen LogP) is 10.8. The van der Waals surface area contributed by atoms with Crippen molar-refractivity contribution in [1.82, 2.24) is 0 Å². The van der Waals surface area contributed by atoms with E-state index in [1.807, 2.05) is 72.8 Å². The van der Waals surface area contributed by atoms with E-state index < -0.39 is 0 Å². The highest BCUT2D eigenvalue weighted by molar-refractivity contribution is 7.99. The molecule has 47 heavy (non-hydrogen) atoms. The molecule has 0 saturated carbocycles. The van der Waals surface area contributed by atoms with Gasteiger partial charge in [0.2, 0.25) is 0 Å². The van der Waals surface area contributed by atoms with E-state index in [9.17, 15) is 0 Å². The summed E-state index contributed by atoms with van der Waals surface area (Å²) in [7, 11) is 3.33. The van der Waals surface area contributed by atoms with Gasteiger partial charge in [-0.05, 0) is 115 Å². The standard InChI is InChI=1S/C40H37N3O3S/c1-44-36-20-13-30(14-21-36)41-32-17-26-40(39(29-32)42-31-15-22-37(45-2)23-16-31)46-27-28-47-38-24-18-35(19-25-38)43(33-9-5-3-6-10-33)34-11-7-4-8-12-34/h3-26,29,41-42H,27-28H2,1-2H3. The maximum Gasteiger partial charge on any atom is 0.142 e. The summed E-state index contributed by atoms with van der Waals surface area (Å²) in [6, 6.07) is 51.4. The van der Waals surface area contributed by atoms with Crippen molar-refractivity contribution < 1.29 is 14.2 Å². The molecule has 0 radical (unpaired) electrons. The van der Waals surface area contributed by atoms with Crippen LogP contribution in [0, 0.1) is 0 Å². The Bertz CT molecular complexity index is 1790. The number of rotatable bonds is 14. The third-order valence-corrected chi connectivity index (χ3v) is 8.44. The van der Waals surface area contributed by atoms with Crippen molar-refractivity contribution in [3.63, 3.8) is 0 Å². The third kappa shape index (κ3) is 8.39. The molecule has 0 aromatic heterocycles. The monoisotopic (exact) mass is 639 g/mol. The van der Waals surface area contributed by atoms with Crippen LogP contribution in [0.15, 0.2) is 157 Å². The summed E-state index contributed by atoms with van der Waals surface area (Å²) >= 11 is 1.77. The molecular formula is C40H37N3O3S. The van der Waals surface area contributed by atoms with E-state index in [2.05, 4.69) is 94.4 Å². The van der Waals surface area contributed by atoms with Gasteiger partial charge in [-0.15, -0.1) is 11.8 Å². The van der Waals surface area contributed by atoms with Crippen molar-refractivity contribution in [1.29, 1.82) is 0 Å². The molecule has 2 N–H and O–H groups in total. The number of anilines is 7. The number of nitrogens with one attached hydrogen (secondary N) is 2. The van der Waals surface area contributed by atoms with E-state index in [1.54, 1.807) is 26.0 Å². The SMILES string of the molecule is COc1ccc(Nc2ccc(OCCSc3ccc(N(c4ccccc4)c4ccccc4)cc3)c(Nc3ccc(OC)cc3)c2)cc1. The quantitative estimate of drug-likeness (QED) is 0.0908. The minimum atomic E-state index is 0.551. The van der Waals surface area contributed by atoms with Crippen molar-refractivity contribution in [2.75, 3.05) is 42.1 Å². The third-order valence-electron chi connectivity index (χ3n) is 7.46. The van der Waals surface area contributed by atoms with E-state index in [4.69, 9.17) is 14.2 Å². The molecule has 6 rings (SSSR count). The van der Waals surface area contributed by atoms with E-state index in [-0.39, 0.29) is 0 Å². The van der Waals surface area contributed by atoms with Crippen LogP contribution in [0.25, 0.3) is 0 Å². The van der Waals surface area contributed by atoms with Crippen molar-refractivity contribution in [2.45, 2.75) is 4.90 Å². The molecule has 0 atom stereocenters. The maximum absolute atomic E-state index is 6.33. The summed E-state index contributed by atoms with van der Waals surface area (Å²) in [5, 5.41) is 6.99. The molecule has 0 aliphatic rings. The average Bonchev–Trinajstić information content (AvgIpc) is 3.13. The second-order valence-electron chi connectivity index (χ2n) is 10.6. The molecule has 0 spiro atoms. The number of hydrogen-bond acceptors (Lipinski definition) is 7. The second kappa shape index (κ2) is 15.7. The molecule has 6 nitrogen and oxygen atoms in total. The molecule has 6 aromatic rings. The minimum Gasteiger partial charge on any atom is -0.497 e. The summed E-state index contributed by atoms with van der Waals surface area (Å²) < 4.78 is 17.0. The molecule has 0 fully saturated rings. The number of nitrogens with zero attached hydrogens (tertiary/aromatic N) is 1. The number of para-hydroxylation sites is 2. The highest BCUT2D eigenvalue weighted by atomic mass is 32.2. The summed E-state index contributed by atoms with van der Waals surface area (Å²) in [6.45, 7) is 0.551. The molecule has 0 bridgehead atoms. The average molecular weight is 640 g/mol. The fraction of sp³-hybridized carbons (Fsp3) is 0.100. The first-order valence-electron chi connectivity index (χ1n) is 15.4. The van der Waals surface area contributed by atoms with Gasteiger partial charge in [0.25, 0.3) is 0 Å². The van der Waals surface area contributed by atoms with Crippen LogP contribution in [-0.4, -0.2) is 26.6 Å². The fourth-order valence-corrected chi connectivity index (χ4v) is 5.84. The summed E-state index contributed by atoms with van der Waals surface area (Å²) in [4.78, 5) is 3.45. The molecule has 0 heterocycles. The van der Waals surface area contributed by atoms with Crippen LogP contribution >= 0.6 is 11.8 Å². The largest absolute Gasteiger partial charge is 0.497 e. The van der Waals surface area contributed by atoms with Gasteiger partial charge in [-0.3, -0.25) is 0 Å². The molecule has 0 amide bonds. The zero-order valence-corrected chi connectivity index (χ0v) is 27.2. The van der Waals surface area contributed by atoms with Crippen LogP contribution in [0.1, 0.15) is 0 Å². The Hall–Kier alpha value is -5.53. The van der Waals surface area contributed by atoms with Crippen LogP contribution < -0.4 is 29.7 Å². The topological polar surface area (TPSA) is 55.0 Å². The van der Waals surface area contributed by atoms with Crippen LogP contribution in [0.3, 0.4) is 0 Å². The lowest BCUT2D eigenvalue weighted by Crippen LogP contribution is -2.09. The number of hydrogen-bond donors (Lipinski definition) is 2. The Kier molecular flexibility index (Phi) is 10.5. The van der Waals surface area contributed by atoms with Crippen molar-refractivity contribution in [3.05, 3.63) is 152 Å². The van der Waals surface area contributed by atoms with Crippen LogP contribution in [0.5, 0.6) is 17.2 Å². The van der Waals surface area contributed by atoms with Crippen LogP contribution in [0.4, 0.5) is 39.8 Å². The highest BCUT2D eigenvalue weighted by Crippen LogP contribution is 2.36. The van der Waals surface area contributed by atoms with Gasteiger partial charge < -0.3 is 29.7 Å². The van der Waals surface area contributed by atoms with Gasteiger partial charge in [0, 0.05) is 44.8 Å². The van der Waals surface area contributed by atoms with Gasteiger partial charge in [-0.1, -0.05) is 36.4 Å². The van der Waals surface area contributed by atoms with Gasteiger partial charge in [-0.2, -0.15) is 0 Å². The molecule has 7 heteroatoms. The summed E-state index contributed by atoms with van der Waals surface area (Å²) in [6.07, 6.45) is 0. The normalized spacial score (nSPS) is 10.6. The van der Waals surface area contributed by atoms with Crippen molar-refractivity contribution in [3.8, 4) is 17.2 Å². The van der Waals surface area contributed by atoms with Crippen LogP contribution in [0.2, 0.25) is 0 Å². The zero-order valence-electron chi connectivity index (χ0n) is 26.4. The van der Waals surface area contributed by atoms with Gasteiger partial charge in [0.05, 0.1) is 26.5 Å². The zero-order chi connectivity index (χ0) is 32.3. The molecule has 0 aliphatic carbocycles. The molecule has 6 aromatic carbocycles. The van der Waals surface area contributed by atoms with E-state index in [1.165, 1.54) is 4.90 Å². The van der Waals surface area contributed by atoms with Gasteiger partial charge in [0.1, 0.15) is 17.2 Å². The van der Waals surface area contributed by atoms with Crippen molar-refractivity contribution >= 4 is 51.6 Å². The Morgan fingerprint density at radius 1 is 0.532 bits per heavy atom. The maximum atomic E-state index is 6.33. The summed E-state index contributed by atoms with van der Waals surface area (Å²) in [5.41, 5.74) is 7.06. The number of benzene rings is 6. The Morgan fingerprint density at radius 2 is 1.04 bits per heavy atom. The van der Waals surface area contributed by atoms with Gasteiger partial charge in [-0.25, -0.2) is 0 Å². The predicted molar refractivity (Wildman–Crippen MR) is 196 cm³/mol. The highest BCUT2D eigenvalue weighted by Gasteiger charge is 2.12. The number of thioether (sulfide) groups is 1. The van der Waals surface area contributed by atoms with E-state index in [0.717, 1.165) is 62.8 Å². The summed E-state index contributed by atoms with van der Waals surface area (Å²) in [5.74, 6) is 3.20. The molecule has 0 aliphatic heterocycles. The first-order chi connectivity index (χ1) is 23.2. The van der Waals surface area contributed by atoms with Gasteiger partial charge in [0.15, 0.2) is 0 Å². The number of methoxy groups -OCH3 is 2. The second-order valence-corrected chi connectivity index (χ2v) is 11.8. The Morgan fingerprint density at radius 3 is 1.60 bits per heavy atom. The Balaban J connectivity index is 1.12. The Labute approximate surface area is 280 Å². The van der Waals surface area contributed by atoms with Gasteiger partial charge >= 0.3 is 0 Å². The molecule has 236 valence electrons.